The van der Waals surface area contributed by atoms with Crippen molar-refractivity contribution in [1.29, 1.82) is 5.26 Å². The third kappa shape index (κ3) is 1.83. The van der Waals surface area contributed by atoms with E-state index in [1.54, 1.807) is 0 Å². The Kier molecular flexibility index (Phi) is 3.20. The van der Waals surface area contributed by atoms with Crippen LogP contribution in [-0.2, 0) is 0 Å². The SMILES string of the molecule is N#Cc1c(C(F)F)ncc([N+](=O)[O-])c1C=O. The van der Waals surface area contributed by atoms with Gasteiger partial charge >= 0.3 is 0 Å². The van der Waals surface area contributed by atoms with Crippen LogP contribution in [0.25, 0.3) is 0 Å². The highest BCUT2D eigenvalue weighted by Crippen LogP contribution is 2.27. The zero-order chi connectivity index (χ0) is 12.3. The lowest BCUT2D eigenvalue weighted by Crippen LogP contribution is -2.04. The fourth-order valence-electron chi connectivity index (χ4n) is 1.08. The van der Waals surface area contributed by atoms with E-state index < -0.39 is 33.9 Å². The molecule has 0 bridgehead atoms. The van der Waals surface area contributed by atoms with E-state index in [2.05, 4.69) is 4.98 Å². The normalized spacial score (nSPS) is 9.88. The molecule has 0 unspecified atom stereocenters. The van der Waals surface area contributed by atoms with Crippen molar-refractivity contribution in [3.05, 3.63) is 33.1 Å². The Bertz CT molecular complexity index is 496. The van der Waals surface area contributed by atoms with Crippen molar-refractivity contribution in [3.8, 4) is 6.07 Å². The fourth-order valence-corrected chi connectivity index (χ4v) is 1.08. The molecule has 16 heavy (non-hydrogen) atoms. The van der Waals surface area contributed by atoms with Crippen LogP contribution in [0, 0.1) is 21.4 Å². The minimum atomic E-state index is -3.07. The first-order valence-corrected chi connectivity index (χ1v) is 3.83. The number of rotatable bonds is 3. The summed E-state index contributed by atoms with van der Waals surface area (Å²) in [6.45, 7) is 0. The smallest absolute Gasteiger partial charge is 0.298 e. The van der Waals surface area contributed by atoms with Crippen LogP contribution in [0.1, 0.15) is 28.0 Å². The van der Waals surface area contributed by atoms with Crippen molar-refractivity contribution in [2.24, 2.45) is 0 Å². The minimum Gasteiger partial charge on any atom is -0.298 e. The van der Waals surface area contributed by atoms with Gasteiger partial charge in [0.05, 0.1) is 10.5 Å². The molecule has 0 atom stereocenters. The third-order valence-corrected chi connectivity index (χ3v) is 1.76. The number of carbonyl (C=O) groups is 1. The van der Waals surface area contributed by atoms with Crippen LogP contribution in [0.15, 0.2) is 6.20 Å². The van der Waals surface area contributed by atoms with Crippen molar-refractivity contribution < 1.29 is 18.5 Å². The van der Waals surface area contributed by atoms with Gasteiger partial charge in [-0.3, -0.25) is 14.9 Å². The predicted molar refractivity (Wildman–Crippen MR) is 46.0 cm³/mol. The lowest BCUT2D eigenvalue weighted by atomic mass is 10.1. The zero-order valence-corrected chi connectivity index (χ0v) is 7.55. The summed E-state index contributed by atoms with van der Waals surface area (Å²) >= 11 is 0. The molecule has 0 amide bonds. The monoisotopic (exact) mass is 227 g/mol. The van der Waals surface area contributed by atoms with Crippen LogP contribution >= 0.6 is 0 Å². The number of aromatic nitrogens is 1. The molecule has 0 aliphatic heterocycles. The summed E-state index contributed by atoms with van der Waals surface area (Å²) in [5.74, 6) is 0. The van der Waals surface area contributed by atoms with Crippen LogP contribution in [-0.4, -0.2) is 16.2 Å². The van der Waals surface area contributed by atoms with Crippen molar-refractivity contribution >= 4 is 12.0 Å². The molecule has 1 heterocycles. The van der Waals surface area contributed by atoms with E-state index in [1.807, 2.05) is 0 Å². The average molecular weight is 227 g/mol. The van der Waals surface area contributed by atoms with Crippen LogP contribution in [0.5, 0.6) is 0 Å². The van der Waals surface area contributed by atoms with Crippen molar-refractivity contribution in [1.82, 2.24) is 4.98 Å². The Morgan fingerprint density at radius 3 is 2.62 bits per heavy atom. The van der Waals surface area contributed by atoms with Gasteiger partial charge < -0.3 is 0 Å². The number of halogens is 2. The topological polar surface area (TPSA) is 96.9 Å². The van der Waals surface area contributed by atoms with Gasteiger partial charge in [0.15, 0.2) is 6.29 Å². The summed E-state index contributed by atoms with van der Waals surface area (Å²) < 4.78 is 24.7. The van der Waals surface area contributed by atoms with Gasteiger partial charge in [-0.15, -0.1) is 0 Å². The second-order valence-electron chi connectivity index (χ2n) is 2.60. The molecule has 0 radical (unpaired) electrons. The number of hydrogen-bond donors (Lipinski definition) is 0. The maximum absolute atomic E-state index is 12.4. The van der Waals surface area contributed by atoms with Crippen molar-refractivity contribution in [2.45, 2.75) is 6.43 Å². The molecule has 8 heteroatoms. The highest BCUT2D eigenvalue weighted by atomic mass is 19.3. The number of aldehydes is 1. The van der Waals surface area contributed by atoms with E-state index in [9.17, 15) is 23.7 Å². The van der Waals surface area contributed by atoms with Gasteiger partial charge in [-0.1, -0.05) is 0 Å². The first kappa shape index (κ1) is 11.6. The predicted octanol–water partition coefficient (Wildman–Crippen LogP) is 1.61. The number of nitriles is 1. The number of nitrogens with zero attached hydrogens (tertiary/aromatic N) is 3. The van der Waals surface area contributed by atoms with Gasteiger partial charge in [0.2, 0.25) is 0 Å². The molecule has 6 nitrogen and oxygen atoms in total. The molecule has 0 saturated carbocycles. The molecular weight excluding hydrogens is 224 g/mol. The van der Waals surface area contributed by atoms with E-state index in [0.717, 1.165) is 0 Å². The van der Waals surface area contributed by atoms with Gasteiger partial charge in [0.1, 0.15) is 23.5 Å². The number of nitro groups is 1. The Morgan fingerprint density at radius 2 is 2.25 bits per heavy atom. The van der Waals surface area contributed by atoms with E-state index in [0.29, 0.717) is 6.20 Å². The van der Waals surface area contributed by atoms with Gasteiger partial charge in [-0.25, -0.2) is 13.8 Å². The lowest BCUT2D eigenvalue weighted by molar-refractivity contribution is -0.385. The zero-order valence-electron chi connectivity index (χ0n) is 7.55. The number of hydrogen-bond acceptors (Lipinski definition) is 5. The quantitative estimate of drug-likeness (QED) is 0.443. The van der Waals surface area contributed by atoms with E-state index in [1.165, 1.54) is 6.07 Å². The molecule has 0 aliphatic rings. The molecule has 0 spiro atoms. The van der Waals surface area contributed by atoms with E-state index in [-0.39, 0.29) is 6.29 Å². The van der Waals surface area contributed by atoms with Crippen molar-refractivity contribution in [3.63, 3.8) is 0 Å². The summed E-state index contributed by atoms with van der Waals surface area (Å²) in [6.07, 6.45) is -2.55. The van der Waals surface area contributed by atoms with Gasteiger partial charge in [0.25, 0.3) is 12.1 Å². The largest absolute Gasteiger partial charge is 0.299 e. The van der Waals surface area contributed by atoms with Crippen LogP contribution in [0.2, 0.25) is 0 Å². The molecule has 0 fully saturated rings. The summed E-state index contributed by atoms with van der Waals surface area (Å²) in [4.78, 5) is 23.1. The summed E-state index contributed by atoms with van der Waals surface area (Å²) in [6, 6.07) is 1.31. The highest BCUT2D eigenvalue weighted by molar-refractivity contribution is 5.85. The molecule has 0 N–H and O–H groups in total. The Hall–Kier alpha value is -2.43. The number of alkyl halides is 2. The summed E-state index contributed by atoms with van der Waals surface area (Å²) in [5.41, 5.74) is -3.15. The van der Waals surface area contributed by atoms with Gasteiger partial charge in [0, 0.05) is 0 Å². The molecule has 1 aromatic heterocycles. The summed E-state index contributed by atoms with van der Waals surface area (Å²) in [5, 5.41) is 19.0. The molecular formula is C8H3F2N3O3. The Labute approximate surface area is 87.3 Å². The first-order chi connectivity index (χ1) is 7.52. The maximum atomic E-state index is 12.4. The standard InChI is InChI=1S/C8H3F2N3O3/c9-8(10)7-4(1-11)5(3-14)6(2-12-7)13(15)16/h2-3,8H. The minimum absolute atomic E-state index is 0.00968. The molecule has 0 aromatic carbocycles. The van der Waals surface area contributed by atoms with E-state index in [4.69, 9.17) is 5.26 Å². The highest BCUT2D eigenvalue weighted by Gasteiger charge is 2.25. The fraction of sp³-hybridized carbons (Fsp3) is 0.125. The molecule has 82 valence electrons. The molecule has 1 rings (SSSR count). The molecule has 0 aliphatic carbocycles. The van der Waals surface area contributed by atoms with Gasteiger partial charge in [-0.05, 0) is 0 Å². The van der Waals surface area contributed by atoms with Crippen LogP contribution < -0.4 is 0 Å². The van der Waals surface area contributed by atoms with Crippen LogP contribution in [0.3, 0.4) is 0 Å². The van der Waals surface area contributed by atoms with Crippen molar-refractivity contribution in [2.75, 3.05) is 0 Å². The van der Waals surface area contributed by atoms with Gasteiger partial charge in [-0.2, -0.15) is 5.26 Å². The number of carbonyl (C=O) groups excluding carboxylic acids is 1. The summed E-state index contributed by atoms with van der Waals surface area (Å²) in [7, 11) is 0. The Balaban J connectivity index is 3.60. The second-order valence-corrected chi connectivity index (χ2v) is 2.60. The Morgan fingerprint density at radius 1 is 1.62 bits per heavy atom. The lowest BCUT2D eigenvalue weighted by Gasteiger charge is -2.03. The maximum Gasteiger partial charge on any atom is 0.299 e. The van der Waals surface area contributed by atoms with Crippen LogP contribution in [0.4, 0.5) is 14.5 Å². The molecule has 0 saturated heterocycles. The average Bonchev–Trinajstić information content (AvgIpc) is 2.26. The van der Waals surface area contributed by atoms with E-state index >= 15 is 0 Å². The number of pyridine rings is 1. The molecule has 1 aromatic rings. The first-order valence-electron chi connectivity index (χ1n) is 3.83. The second kappa shape index (κ2) is 4.39. The third-order valence-electron chi connectivity index (χ3n) is 1.76.